The molecule has 0 aliphatic carbocycles. The Balaban J connectivity index is 2.50. The van der Waals surface area contributed by atoms with Crippen LogP contribution >= 0.6 is 11.3 Å². The molecule has 0 unspecified atom stereocenters. The third-order valence-corrected chi connectivity index (χ3v) is 2.32. The topological polar surface area (TPSA) is 42.0 Å². The van der Waals surface area contributed by atoms with Crippen molar-refractivity contribution in [2.24, 2.45) is 0 Å². The monoisotopic (exact) mass is 180 g/mol. The molecule has 0 saturated carbocycles. The van der Waals surface area contributed by atoms with E-state index in [1.54, 1.807) is 5.51 Å². The maximum atomic E-state index is 10.7. The van der Waals surface area contributed by atoms with Crippen molar-refractivity contribution >= 4 is 17.2 Å². The second-order valence-corrected chi connectivity index (χ2v) is 3.13. The summed E-state index contributed by atoms with van der Waals surface area (Å²) in [6.45, 7) is 2.37. The molecule has 0 spiro atoms. The summed E-state index contributed by atoms with van der Waals surface area (Å²) in [6, 6.07) is 0. The van der Waals surface area contributed by atoms with E-state index < -0.39 is 0 Å². The number of rotatable bonds is 2. The molecule has 0 bridgehead atoms. The first kappa shape index (κ1) is 8.75. The number of aromatic nitrogens is 1. The minimum Gasteiger partial charge on any atom is -0.340 e. The number of hydrogen-bond donors (Lipinski definition) is 1. The minimum atomic E-state index is -0.386. The second kappa shape index (κ2) is 3.88. The van der Waals surface area contributed by atoms with Gasteiger partial charge in [0.05, 0.1) is 17.7 Å². The van der Waals surface area contributed by atoms with Crippen LogP contribution in [0.3, 0.4) is 0 Å². The quantitative estimate of drug-likeness (QED) is 0.681. The summed E-state index contributed by atoms with van der Waals surface area (Å²) in [7, 11) is 0. The number of aryl methyl sites for hydroxylation is 1. The number of hydrogen-bond acceptors (Lipinski definition) is 3. The Bertz CT molecular complexity index is 324. The highest BCUT2D eigenvalue weighted by atomic mass is 32.1. The Kier molecular flexibility index (Phi) is 2.83. The first-order valence-corrected chi connectivity index (χ1v) is 4.25. The van der Waals surface area contributed by atoms with Gasteiger partial charge in [0.2, 0.25) is 0 Å². The molecule has 0 fully saturated rings. The van der Waals surface area contributed by atoms with Gasteiger partial charge in [0.25, 0.3) is 5.91 Å². The summed E-state index contributed by atoms with van der Waals surface area (Å²) in [5.74, 6) is 1.59. The van der Waals surface area contributed by atoms with Crippen molar-refractivity contribution in [2.45, 2.75) is 13.5 Å². The molecular formula is C8H8N2OS. The van der Waals surface area contributed by atoms with Crippen LogP contribution in [0.5, 0.6) is 0 Å². The molecule has 0 aliphatic rings. The third kappa shape index (κ3) is 2.07. The lowest BCUT2D eigenvalue weighted by molar-refractivity contribution is -0.115. The van der Waals surface area contributed by atoms with Gasteiger partial charge in [-0.2, -0.15) is 0 Å². The van der Waals surface area contributed by atoms with Gasteiger partial charge >= 0.3 is 0 Å². The van der Waals surface area contributed by atoms with Crippen LogP contribution in [0.2, 0.25) is 0 Å². The van der Waals surface area contributed by atoms with Gasteiger partial charge in [-0.15, -0.1) is 17.8 Å². The molecule has 1 aromatic heterocycles. The smallest absolute Gasteiger partial charge is 0.295 e. The van der Waals surface area contributed by atoms with Gasteiger partial charge in [-0.05, 0) is 12.8 Å². The van der Waals surface area contributed by atoms with E-state index in [1.807, 2.05) is 12.8 Å². The standard InChI is InChI=1S/C8H8N2OS/c1-3-8(11)9-4-7-6(2)10-5-12-7/h1,5H,4H2,2H3,(H,9,11). The van der Waals surface area contributed by atoms with Crippen molar-refractivity contribution in [1.82, 2.24) is 10.3 Å². The number of carbonyl (C=O) groups is 1. The van der Waals surface area contributed by atoms with Gasteiger partial charge in [0.1, 0.15) is 0 Å². The molecule has 1 amide bonds. The maximum absolute atomic E-state index is 10.7. The van der Waals surface area contributed by atoms with E-state index in [2.05, 4.69) is 10.3 Å². The van der Waals surface area contributed by atoms with Gasteiger partial charge in [-0.3, -0.25) is 4.79 Å². The first-order valence-electron chi connectivity index (χ1n) is 3.37. The fourth-order valence-electron chi connectivity index (χ4n) is 0.707. The summed E-state index contributed by atoms with van der Waals surface area (Å²) in [6.07, 6.45) is 4.88. The number of nitrogens with zero attached hydrogens (tertiary/aromatic N) is 1. The fraction of sp³-hybridized carbons (Fsp3) is 0.250. The van der Waals surface area contributed by atoms with Crippen LogP contribution in [0.15, 0.2) is 5.51 Å². The van der Waals surface area contributed by atoms with Crippen molar-refractivity contribution in [3.8, 4) is 12.3 Å². The van der Waals surface area contributed by atoms with E-state index in [0.717, 1.165) is 10.6 Å². The Labute approximate surface area is 74.8 Å². The van der Waals surface area contributed by atoms with Crippen molar-refractivity contribution < 1.29 is 4.79 Å². The van der Waals surface area contributed by atoms with Gasteiger partial charge in [-0.25, -0.2) is 4.98 Å². The molecule has 1 heterocycles. The highest BCUT2D eigenvalue weighted by Gasteiger charge is 2.01. The molecule has 1 rings (SSSR count). The van der Waals surface area contributed by atoms with Crippen molar-refractivity contribution in [1.29, 1.82) is 0 Å². The van der Waals surface area contributed by atoms with Gasteiger partial charge in [0, 0.05) is 4.88 Å². The van der Waals surface area contributed by atoms with E-state index >= 15 is 0 Å². The van der Waals surface area contributed by atoms with Crippen LogP contribution in [0, 0.1) is 19.3 Å². The number of carbonyl (C=O) groups excluding carboxylic acids is 1. The lowest BCUT2D eigenvalue weighted by Crippen LogP contribution is -2.20. The number of thiazole rings is 1. The lowest BCUT2D eigenvalue weighted by Gasteiger charge is -1.97. The summed E-state index contributed by atoms with van der Waals surface area (Å²) in [5, 5.41) is 2.57. The Morgan fingerprint density at radius 1 is 1.92 bits per heavy atom. The summed E-state index contributed by atoms with van der Waals surface area (Å²) in [5.41, 5.74) is 2.68. The summed E-state index contributed by atoms with van der Waals surface area (Å²) in [4.78, 5) is 15.7. The average molecular weight is 180 g/mol. The first-order chi connectivity index (χ1) is 5.74. The largest absolute Gasteiger partial charge is 0.340 e. The van der Waals surface area contributed by atoms with Crippen molar-refractivity contribution in [3.05, 3.63) is 16.1 Å². The molecule has 0 atom stereocenters. The lowest BCUT2D eigenvalue weighted by atomic mass is 10.4. The molecule has 62 valence electrons. The molecule has 4 heteroatoms. The molecule has 12 heavy (non-hydrogen) atoms. The minimum absolute atomic E-state index is 0.386. The molecule has 0 radical (unpaired) electrons. The van der Waals surface area contributed by atoms with E-state index in [9.17, 15) is 4.79 Å². The predicted molar refractivity (Wildman–Crippen MR) is 47.5 cm³/mol. The fourth-order valence-corrected chi connectivity index (χ4v) is 1.42. The zero-order valence-corrected chi connectivity index (χ0v) is 7.44. The maximum Gasteiger partial charge on any atom is 0.295 e. The Morgan fingerprint density at radius 3 is 3.17 bits per heavy atom. The molecule has 3 nitrogen and oxygen atoms in total. The van der Waals surface area contributed by atoms with Gasteiger partial charge in [-0.1, -0.05) is 0 Å². The highest BCUT2D eigenvalue weighted by molar-refractivity contribution is 7.09. The average Bonchev–Trinajstić information content (AvgIpc) is 2.47. The van der Waals surface area contributed by atoms with Crippen LogP contribution in [0.1, 0.15) is 10.6 Å². The predicted octanol–water partition coefficient (Wildman–Crippen LogP) is 0.701. The van der Waals surface area contributed by atoms with Crippen LogP contribution in [0.25, 0.3) is 0 Å². The van der Waals surface area contributed by atoms with Crippen LogP contribution in [0.4, 0.5) is 0 Å². The second-order valence-electron chi connectivity index (χ2n) is 2.19. The van der Waals surface area contributed by atoms with Gasteiger partial charge in [0.15, 0.2) is 0 Å². The van der Waals surface area contributed by atoms with E-state index in [4.69, 9.17) is 6.42 Å². The number of amides is 1. The van der Waals surface area contributed by atoms with Crippen LogP contribution in [-0.2, 0) is 11.3 Å². The van der Waals surface area contributed by atoms with E-state index in [0.29, 0.717) is 6.54 Å². The Morgan fingerprint density at radius 2 is 2.67 bits per heavy atom. The molecule has 1 aromatic rings. The van der Waals surface area contributed by atoms with Crippen LogP contribution < -0.4 is 5.32 Å². The van der Waals surface area contributed by atoms with Gasteiger partial charge < -0.3 is 5.32 Å². The SMILES string of the molecule is C#CC(=O)NCc1scnc1C. The van der Waals surface area contributed by atoms with Crippen molar-refractivity contribution in [3.63, 3.8) is 0 Å². The van der Waals surface area contributed by atoms with Crippen molar-refractivity contribution in [2.75, 3.05) is 0 Å². The molecule has 0 aliphatic heterocycles. The zero-order chi connectivity index (χ0) is 8.97. The van der Waals surface area contributed by atoms with E-state index in [1.165, 1.54) is 11.3 Å². The molecule has 0 aromatic carbocycles. The zero-order valence-electron chi connectivity index (χ0n) is 6.63. The molecular weight excluding hydrogens is 172 g/mol. The van der Waals surface area contributed by atoms with E-state index in [-0.39, 0.29) is 5.91 Å². The highest BCUT2D eigenvalue weighted by Crippen LogP contribution is 2.10. The molecule has 0 saturated heterocycles. The number of terminal acetylenes is 1. The summed E-state index contributed by atoms with van der Waals surface area (Å²) >= 11 is 1.51. The Hall–Kier alpha value is -1.34. The third-order valence-electron chi connectivity index (χ3n) is 1.39. The normalized spacial score (nSPS) is 9.00. The summed E-state index contributed by atoms with van der Waals surface area (Å²) < 4.78 is 0. The van der Waals surface area contributed by atoms with Crippen LogP contribution in [-0.4, -0.2) is 10.9 Å². The molecule has 1 N–H and O–H groups in total. The number of nitrogens with one attached hydrogen (secondary N) is 1.